The number of esters is 1. The molecule has 1 aromatic rings. The summed E-state index contributed by atoms with van der Waals surface area (Å²) >= 11 is 0. The van der Waals surface area contributed by atoms with Gasteiger partial charge in [-0.05, 0) is 23.8 Å². The number of anilines is 2. The van der Waals surface area contributed by atoms with E-state index < -0.39 is 11.9 Å². The number of methoxy groups -OCH3 is 1. The van der Waals surface area contributed by atoms with Crippen LogP contribution in [0.1, 0.15) is 12.0 Å². The van der Waals surface area contributed by atoms with Gasteiger partial charge in [-0.25, -0.2) is 0 Å². The van der Waals surface area contributed by atoms with Crippen molar-refractivity contribution in [1.29, 1.82) is 0 Å². The summed E-state index contributed by atoms with van der Waals surface area (Å²) < 4.78 is 4.41. The molecule has 1 aliphatic rings. The molecule has 2 rings (SSSR count). The monoisotopic (exact) mass is 262 g/mol. The van der Waals surface area contributed by atoms with Gasteiger partial charge in [-0.15, -0.1) is 0 Å². The number of carbonyl (C=O) groups is 3. The maximum Gasteiger partial charge on any atom is 0.315 e. The van der Waals surface area contributed by atoms with Gasteiger partial charge in [0.15, 0.2) is 0 Å². The predicted octanol–water partition coefficient (Wildman–Crippen LogP) is 0.707. The Labute approximate surface area is 110 Å². The highest BCUT2D eigenvalue weighted by atomic mass is 16.5. The van der Waals surface area contributed by atoms with Crippen molar-refractivity contribution in [2.75, 3.05) is 24.4 Å². The maximum atomic E-state index is 11.5. The number of benzene rings is 1. The fraction of sp³-hybridized carbons (Fsp3) is 0.308. The summed E-state index contributed by atoms with van der Waals surface area (Å²) in [5.41, 5.74) is 2.27. The molecule has 0 fully saturated rings. The molecule has 2 amide bonds. The molecular weight excluding hydrogens is 248 g/mol. The van der Waals surface area contributed by atoms with Gasteiger partial charge >= 0.3 is 5.97 Å². The first-order valence-electron chi connectivity index (χ1n) is 5.77. The summed E-state index contributed by atoms with van der Waals surface area (Å²) in [4.78, 5) is 35.6. The van der Waals surface area contributed by atoms with Gasteiger partial charge in [0.25, 0.3) is 0 Å². The molecule has 0 saturated heterocycles. The number of nitrogens with zero attached hydrogens (tertiary/aromatic N) is 1. The number of ether oxygens (including phenoxy) is 1. The van der Waals surface area contributed by atoms with Crippen LogP contribution in [0.2, 0.25) is 0 Å². The van der Waals surface area contributed by atoms with Gasteiger partial charge in [0.2, 0.25) is 11.8 Å². The minimum Gasteiger partial charge on any atom is -0.469 e. The van der Waals surface area contributed by atoms with Gasteiger partial charge in [-0.3, -0.25) is 14.4 Å². The van der Waals surface area contributed by atoms with Crippen molar-refractivity contribution in [2.24, 2.45) is 0 Å². The Bertz CT molecular complexity index is 554. The molecule has 0 bridgehead atoms. The fourth-order valence-corrected chi connectivity index (χ4v) is 1.96. The van der Waals surface area contributed by atoms with Gasteiger partial charge in [0.1, 0.15) is 6.42 Å². The predicted molar refractivity (Wildman–Crippen MR) is 68.8 cm³/mol. The zero-order valence-electron chi connectivity index (χ0n) is 10.7. The molecule has 6 heteroatoms. The summed E-state index contributed by atoms with van der Waals surface area (Å²) in [6.45, 7) is 0. The van der Waals surface area contributed by atoms with E-state index in [9.17, 15) is 14.4 Å². The summed E-state index contributed by atoms with van der Waals surface area (Å²) in [7, 11) is 2.94. The normalized spacial score (nSPS) is 13.2. The summed E-state index contributed by atoms with van der Waals surface area (Å²) in [5, 5.41) is 2.60. The van der Waals surface area contributed by atoms with Crippen molar-refractivity contribution in [3.05, 3.63) is 23.8 Å². The number of amides is 2. The largest absolute Gasteiger partial charge is 0.469 e. The second kappa shape index (κ2) is 5.09. The zero-order chi connectivity index (χ0) is 14.0. The van der Waals surface area contributed by atoms with Crippen molar-refractivity contribution in [3.63, 3.8) is 0 Å². The van der Waals surface area contributed by atoms with Gasteiger partial charge in [0, 0.05) is 18.4 Å². The molecule has 0 saturated carbocycles. The lowest BCUT2D eigenvalue weighted by atomic mass is 10.1. The SMILES string of the molecule is COC(=O)CC(=O)Nc1ccc2c(c1)CC(=O)N2C. The molecule has 0 radical (unpaired) electrons. The Hall–Kier alpha value is -2.37. The topological polar surface area (TPSA) is 75.7 Å². The summed E-state index contributed by atoms with van der Waals surface area (Å²) in [5.74, 6) is -1.01. The Morgan fingerprint density at radius 3 is 2.84 bits per heavy atom. The lowest BCUT2D eigenvalue weighted by Gasteiger charge is -2.11. The van der Waals surface area contributed by atoms with Gasteiger partial charge < -0.3 is 15.0 Å². The number of hydrogen-bond acceptors (Lipinski definition) is 4. The lowest BCUT2D eigenvalue weighted by molar-refractivity contribution is -0.142. The lowest BCUT2D eigenvalue weighted by Crippen LogP contribution is -2.20. The van der Waals surface area contributed by atoms with E-state index >= 15 is 0 Å². The van der Waals surface area contributed by atoms with E-state index in [1.54, 1.807) is 30.1 Å². The van der Waals surface area contributed by atoms with E-state index in [0.29, 0.717) is 12.1 Å². The smallest absolute Gasteiger partial charge is 0.315 e. The third-order valence-electron chi connectivity index (χ3n) is 2.97. The zero-order valence-corrected chi connectivity index (χ0v) is 10.7. The van der Waals surface area contributed by atoms with E-state index in [1.165, 1.54) is 7.11 Å². The first kappa shape index (κ1) is 13.1. The van der Waals surface area contributed by atoms with Crippen LogP contribution in [0.25, 0.3) is 0 Å². The third-order valence-corrected chi connectivity index (χ3v) is 2.97. The van der Waals surface area contributed by atoms with E-state index in [4.69, 9.17) is 0 Å². The van der Waals surface area contributed by atoms with Crippen molar-refractivity contribution >= 4 is 29.2 Å². The van der Waals surface area contributed by atoms with Crippen LogP contribution in [0, 0.1) is 0 Å². The van der Waals surface area contributed by atoms with Crippen molar-refractivity contribution < 1.29 is 19.1 Å². The Balaban J connectivity index is 2.08. The van der Waals surface area contributed by atoms with E-state index in [0.717, 1.165) is 11.3 Å². The second-order valence-electron chi connectivity index (χ2n) is 4.27. The number of hydrogen-bond donors (Lipinski definition) is 1. The number of nitrogens with one attached hydrogen (secondary N) is 1. The average molecular weight is 262 g/mol. The number of likely N-dealkylation sites (N-methyl/N-ethyl adjacent to an activating group) is 1. The molecule has 6 nitrogen and oxygen atoms in total. The molecule has 1 heterocycles. The van der Waals surface area contributed by atoms with Crippen molar-refractivity contribution in [1.82, 2.24) is 0 Å². The van der Waals surface area contributed by atoms with Crippen LogP contribution in [0.4, 0.5) is 11.4 Å². The summed E-state index contributed by atoms with van der Waals surface area (Å²) in [6, 6.07) is 5.21. The molecule has 1 aromatic carbocycles. The Morgan fingerprint density at radius 2 is 2.16 bits per heavy atom. The molecule has 0 spiro atoms. The summed E-state index contributed by atoms with van der Waals surface area (Å²) in [6.07, 6.45) is -0.00103. The van der Waals surface area contributed by atoms with Crippen LogP contribution in [0.3, 0.4) is 0 Å². The van der Waals surface area contributed by atoms with Crippen molar-refractivity contribution in [2.45, 2.75) is 12.8 Å². The quantitative estimate of drug-likeness (QED) is 0.643. The molecule has 0 atom stereocenters. The fourth-order valence-electron chi connectivity index (χ4n) is 1.96. The number of rotatable bonds is 3. The van der Waals surface area contributed by atoms with Gasteiger partial charge in [-0.2, -0.15) is 0 Å². The molecule has 1 N–H and O–H groups in total. The molecule has 1 aliphatic heterocycles. The van der Waals surface area contributed by atoms with Crippen LogP contribution in [-0.4, -0.2) is 31.9 Å². The van der Waals surface area contributed by atoms with Crippen LogP contribution in [0.5, 0.6) is 0 Å². The standard InChI is InChI=1S/C13H14N2O4/c1-15-10-4-3-9(5-8(10)6-12(15)17)14-11(16)7-13(18)19-2/h3-5H,6-7H2,1-2H3,(H,14,16). The van der Waals surface area contributed by atoms with Crippen LogP contribution in [-0.2, 0) is 25.5 Å². The average Bonchev–Trinajstić information content (AvgIpc) is 2.64. The first-order chi connectivity index (χ1) is 9.01. The minimum absolute atomic E-state index is 0.0213. The van der Waals surface area contributed by atoms with Gasteiger partial charge in [-0.1, -0.05) is 0 Å². The molecule has 0 unspecified atom stereocenters. The highest BCUT2D eigenvalue weighted by molar-refractivity contribution is 6.04. The minimum atomic E-state index is -0.589. The molecule has 0 aromatic heterocycles. The second-order valence-corrected chi connectivity index (χ2v) is 4.27. The molecule has 0 aliphatic carbocycles. The van der Waals surface area contributed by atoms with Crippen LogP contribution in [0.15, 0.2) is 18.2 Å². The number of carbonyl (C=O) groups excluding carboxylic acids is 3. The van der Waals surface area contributed by atoms with E-state index in [1.807, 2.05) is 0 Å². The molecular formula is C13H14N2O4. The first-order valence-corrected chi connectivity index (χ1v) is 5.77. The Morgan fingerprint density at radius 1 is 1.42 bits per heavy atom. The van der Waals surface area contributed by atoms with E-state index in [-0.39, 0.29) is 12.3 Å². The van der Waals surface area contributed by atoms with E-state index in [2.05, 4.69) is 10.1 Å². The van der Waals surface area contributed by atoms with Crippen LogP contribution < -0.4 is 10.2 Å². The maximum absolute atomic E-state index is 11.5. The molecule has 100 valence electrons. The van der Waals surface area contributed by atoms with Crippen molar-refractivity contribution in [3.8, 4) is 0 Å². The highest BCUT2D eigenvalue weighted by Gasteiger charge is 2.24. The van der Waals surface area contributed by atoms with Gasteiger partial charge in [0.05, 0.1) is 13.5 Å². The Kier molecular flexibility index (Phi) is 3.50. The molecule has 19 heavy (non-hydrogen) atoms. The highest BCUT2D eigenvalue weighted by Crippen LogP contribution is 2.29. The number of fused-ring (bicyclic) bond motifs is 1. The van der Waals surface area contributed by atoms with Crippen LogP contribution >= 0.6 is 0 Å². The third kappa shape index (κ3) is 2.73.